The molecule has 1 saturated carbocycles. The normalized spacial score (nSPS) is 17.7. The molecule has 6 heteroatoms. The monoisotopic (exact) mass is 270 g/mol. The van der Waals surface area contributed by atoms with Crippen LogP contribution in [0.3, 0.4) is 0 Å². The van der Waals surface area contributed by atoms with Crippen molar-refractivity contribution in [2.75, 3.05) is 6.54 Å². The van der Waals surface area contributed by atoms with Gasteiger partial charge in [0.05, 0.1) is 5.41 Å². The lowest BCUT2D eigenvalue weighted by Gasteiger charge is -2.32. The summed E-state index contributed by atoms with van der Waals surface area (Å²) in [5, 5.41) is 12.0. The van der Waals surface area contributed by atoms with Crippen molar-refractivity contribution in [2.45, 2.75) is 51.4 Å². The highest BCUT2D eigenvalue weighted by atomic mass is 16.4. The molecular formula is C13H22N2O4. The number of hydrogen-bond acceptors (Lipinski definition) is 3. The Morgan fingerprint density at radius 3 is 2.32 bits per heavy atom. The average Bonchev–Trinajstić information content (AvgIpc) is 2.35. The van der Waals surface area contributed by atoms with Crippen molar-refractivity contribution in [3.8, 4) is 0 Å². The predicted molar refractivity (Wildman–Crippen MR) is 69.2 cm³/mol. The van der Waals surface area contributed by atoms with Crippen LogP contribution in [0.15, 0.2) is 0 Å². The van der Waals surface area contributed by atoms with Gasteiger partial charge >= 0.3 is 5.97 Å². The Bertz CT molecular complexity index is 349. The Balaban J connectivity index is 2.39. The first kappa shape index (κ1) is 15.5. The van der Waals surface area contributed by atoms with Crippen LogP contribution in [-0.4, -0.2) is 29.4 Å². The van der Waals surface area contributed by atoms with Crippen LogP contribution in [-0.2, 0) is 14.4 Å². The van der Waals surface area contributed by atoms with E-state index in [0.717, 1.165) is 19.3 Å². The van der Waals surface area contributed by atoms with Crippen LogP contribution in [0.4, 0.5) is 0 Å². The molecule has 1 rings (SSSR count). The number of amides is 2. The van der Waals surface area contributed by atoms with Gasteiger partial charge in [0.2, 0.25) is 11.8 Å². The molecule has 6 nitrogen and oxygen atoms in total. The van der Waals surface area contributed by atoms with Gasteiger partial charge in [-0.1, -0.05) is 19.3 Å². The van der Waals surface area contributed by atoms with Gasteiger partial charge in [-0.15, -0.1) is 0 Å². The summed E-state index contributed by atoms with van der Waals surface area (Å²) >= 11 is 0. The SMILES string of the molecule is NC(=O)CCCNC(=O)CC1(C(=O)O)CCCCC1. The second-order valence-electron chi connectivity index (χ2n) is 5.24. The van der Waals surface area contributed by atoms with E-state index in [2.05, 4.69) is 5.32 Å². The Labute approximate surface area is 112 Å². The van der Waals surface area contributed by atoms with Crippen LogP contribution in [0, 0.1) is 5.41 Å². The van der Waals surface area contributed by atoms with Crippen LogP contribution in [0.25, 0.3) is 0 Å². The standard InChI is InChI=1S/C13H22N2O4/c14-10(16)5-4-8-15-11(17)9-13(12(18)19)6-2-1-3-7-13/h1-9H2,(H2,14,16)(H,15,17)(H,18,19). The number of rotatable bonds is 7. The van der Waals surface area contributed by atoms with E-state index in [4.69, 9.17) is 5.73 Å². The zero-order valence-corrected chi connectivity index (χ0v) is 11.1. The second-order valence-corrected chi connectivity index (χ2v) is 5.24. The van der Waals surface area contributed by atoms with E-state index in [-0.39, 0.29) is 18.7 Å². The van der Waals surface area contributed by atoms with E-state index < -0.39 is 17.3 Å². The molecule has 1 aliphatic carbocycles. The maximum absolute atomic E-state index is 11.8. The number of nitrogens with two attached hydrogens (primary N) is 1. The van der Waals surface area contributed by atoms with Gasteiger partial charge in [-0.3, -0.25) is 14.4 Å². The quantitative estimate of drug-likeness (QED) is 0.594. The highest BCUT2D eigenvalue weighted by Gasteiger charge is 2.41. The van der Waals surface area contributed by atoms with Crippen LogP contribution in [0.1, 0.15) is 51.4 Å². The van der Waals surface area contributed by atoms with Crippen LogP contribution in [0.2, 0.25) is 0 Å². The molecule has 0 atom stereocenters. The van der Waals surface area contributed by atoms with Gasteiger partial charge < -0.3 is 16.2 Å². The highest BCUT2D eigenvalue weighted by Crippen LogP contribution is 2.39. The largest absolute Gasteiger partial charge is 0.481 e. The van der Waals surface area contributed by atoms with Gasteiger partial charge in [-0.2, -0.15) is 0 Å². The molecule has 0 heterocycles. The van der Waals surface area contributed by atoms with Gasteiger partial charge in [0.25, 0.3) is 0 Å². The number of nitrogens with one attached hydrogen (secondary N) is 1. The Morgan fingerprint density at radius 1 is 1.16 bits per heavy atom. The Morgan fingerprint density at radius 2 is 1.79 bits per heavy atom. The summed E-state index contributed by atoms with van der Waals surface area (Å²) in [7, 11) is 0. The molecule has 0 radical (unpaired) electrons. The Hall–Kier alpha value is -1.59. The minimum absolute atomic E-state index is 0.0267. The molecule has 4 N–H and O–H groups in total. The van der Waals surface area contributed by atoms with Crippen molar-refractivity contribution in [2.24, 2.45) is 11.1 Å². The number of carbonyl (C=O) groups is 3. The third-order valence-corrected chi connectivity index (χ3v) is 3.69. The molecular weight excluding hydrogens is 248 g/mol. The lowest BCUT2D eigenvalue weighted by Crippen LogP contribution is -2.39. The minimum atomic E-state index is -0.897. The number of carboxylic acid groups (broad SMARTS) is 1. The highest BCUT2D eigenvalue weighted by molar-refractivity contribution is 5.85. The van der Waals surface area contributed by atoms with Crippen LogP contribution >= 0.6 is 0 Å². The van der Waals surface area contributed by atoms with Gasteiger partial charge in [0, 0.05) is 19.4 Å². The molecule has 2 amide bonds. The van der Waals surface area contributed by atoms with E-state index in [1.54, 1.807) is 0 Å². The molecule has 0 aromatic rings. The number of primary amides is 1. The van der Waals surface area contributed by atoms with Gasteiger partial charge in [0.15, 0.2) is 0 Å². The van der Waals surface area contributed by atoms with Crippen molar-refractivity contribution in [3.63, 3.8) is 0 Å². The van der Waals surface area contributed by atoms with E-state index in [1.807, 2.05) is 0 Å². The summed E-state index contributed by atoms with van der Waals surface area (Å²) in [4.78, 5) is 33.7. The molecule has 0 unspecified atom stereocenters. The number of carbonyl (C=O) groups excluding carboxylic acids is 2. The number of hydrogen-bond donors (Lipinski definition) is 3. The maximum Gasteiger partial charge on any atom is 0.310 e. The molecule has 1 aliphatic rings. The van der Waals surface area contributed by atoms with E-state index in [0.29, 0.717) is 25.8 Å². The van der Waals surface area contributed by atoms with Crippen molar-refractivity contribution < 1.29 is 19.5 Å². The van der Waals surface area contributed by atoms with Gasteiger partial charge in [0.1, 0.15) is 0 Å². The molecule has 0 aliphatic heterocycles. The van der Waals surface area contributed by atoms with Crippen molar-refractivity contribution in [1.29, 1.82) is 0 Å². The lowest BCUT2D eigenvalue weighted by molar-refractivity contribution is -0.154. The van der Waals surface area contributed by atoms with Crippen molar-refractivity contribution in [3.05, 3.63) is 0 Å². The summed E-state index contributed by atoms with van der Waals surface area (Å²) in [5.74, 6) is -1.53. The molecule has 0 aromatic heterocycles. The molecule has 0 aromatic carbocycles. The Kier molecular flexibility index (Phi) is 5.79. The molecule has 108 valence electrons. The first-order chi connectivity index (χ1) is 8.96. The van der Waals surface area contributed by atoms with Crippen molar-refractivity contribution >= 4 is 17.8 Å². The van der Waals surface area contributed by atoms with Gasteiger partial charge in [-0.25, -0.2) is 0 Å². The zero-order valence-electron chi connectivity index (χ0n) is 11.1. The molecule has 0 spiro atoms. The summed E-state index contributed by atoms with van der Waals surface area (Å²) in [6.07, 6.45) is 4.64. The topological polar surface area (TPSA) is 109 Å². The third-order valence-electron chi connectivity index (χ3n) is 3.69. The smallest absolute Gasteiger partial charge is 0.310 e. The lowest BCUT2D eigenvalue weighted by atomic mass is 9.71. The van der Waals surface area contributed by atoms with Gasteiger partial charge in [-0.05, 0) is 19.3 Å². The number of carboxylic acids is 1. The number of aliphatic carboxylic acids is 1. The maximum atomic E-state index is 11.8. The fraction of sp³-hybridized carbons (Fsp3) is 0.769. The molecule has 19 heavy (non-hydrogen) atoms. The first-order valence-electron chi connectivity index (χ1n) is 6.75. The van der Waals surface area contributed by atoms with Crippen LogP contribution in [0.5, 0.6) is 0 Å². The molecule has 0 bridgehead atoms. The fourth-order valence-electron chi connectivity index (χ4n) is 2.56. The van der Waals surface area contributed by atoms with Crippen molar-refractivity contribution in [1.82, 2.24) is 5.32 Å². The van der Waals surface area contributed by atoms with Crippen LogP contribution < -0.4 is 11.1 Å². The predicted octanol–water partition coefficient (Wildman–Crippen LogP) is 0.793. The first-order valence-corrected chi connectivity index (χ1v) is 6.75. The summed E-state index contributed by atoms with van der Waals surface area (Å²) in [5.41, 5.74) is 4.09. The summed E-state index contributed by atoms with van der Waals surface area (Å²) < 4.78 is 0. The fourth-order valence-corrected chi connectivity index (χ4v) is 2.56. The second kappa shape index (κ2) is 7.11. The average molecular weight is 270 g/mol. The molecule has 1 fully saturated rings. The minimum Gasteiger partial charge on any atom is -0.481 e. The summed E-state index contributed by atoms with van der Waals surface area (Å²) in [6, 6.07) is 0. The molecule has 0 saturated heterocycles. The van der Waals surface area contributed by atoms with E-state index in [1.165, 1.54) is 0 Å². The third kappa shape index (κ3) is 4.89. The van der Waals surface area contributed by atoms with E-state index in [9.17, 15) is 19.5 Å². The zero-order chi connectivity index (χ0) is 14.3. The van der Waals surface area contributed by atoms with E-state index >= 15 is 0 Å². The summed E-state index contributed by atoms with van der Waals surface area (Å²) in [6.45, 7) is 0.359.